The zero-order valence-corrected chi connectivity index (χ0v) is 6.84. The topological polar surface area (TPSA) is 90.2 Å². The molecule has 1 fully saturated rings. The van der Waals surface area contributed by atoms with Crippen LogP contribution in [0.1, 0.15) is 6.92 Å². The lowest BCUT2D eigenvalue weighted by atomic mass is 9.87. The maximum Gasteiger partial charge on any atom is 0.118 e. The summed E-state index contributed by atoms with van der Waals surface area (Å²) in [5, 5.41) is 36.8. The van der Waals surface area contributed by atoms with Gasteiger partial charge in [-0.1, -0.05) is 0 Å². The third kappa shape index (κ3) is 1.46. The van der Waals surface area contributed by atoms with Crippen molar-refractivity contribution in [2.45, 2.75) is 30.8 Å². The van der Waals surface area contributed by atoms with Gasteiger partial charge in [0.15, 0.2) is 0 Å². The van der Waals surface area contributed by atoms with Crippen molar-refractivity contribution >= 4 is 0 Å². The van der Waals surface area contributed by atoms with Gasteiger partial charge in [-0.05, 0) is 6.92 Å². The highest BCUT2D eigenvalue weighted by Crippen LogP contribution is 2.24. The van der Waals surface area contributed by atoms with Crippen molar-refractivity contribution in [3.8, 4) is 0 Å². The molecule has 0 aliphatic carbocycles. The minimum atomic E-state index is -1.61. The largest absolute Gasteiger partial charge is 0.394 e. The van der Waals surface area contributed by atoms with E-state index in [2.05, 4.69) is 0 Å². The number of hydrogen-bond acceptors (Lipinski definition) is 5. The standard InChI is InChI=1S/C7H14O5/c1-7(11)5(9)3-12-4(2-8)6(7)10/h4-6,8-11H,2-3H2,1H3/t4?,5?,6?,7-/m1/s1. The first-order valence-electron chi connectivity index (χ1n) is 3.81. The summed E-state index contributed by atoms with van der Waals surface area (Å²) >= 11 is 0. The molecule has 0 spiro atoms. The molecule has 0 aromatic rings. The Morgan fingerprint density at radius 2 is 2.08 bits per heavy atom. The molecule has 12 heavy (non-hydrogen) atoms. The minimum absolute atomic E-state index is 0.0741. The summed E-state index contributed by atoms with van der Waals surface area (Å²) in [6, 6.07) is 0. The van der Waals surface area contributed by atoms with E-state index in [0.29, 0.717) is 0 Å². The summed E-state index contributed by atoms with van der Waals surface area (Å²) < 4.78 is 4.88. The van der Waals surface area contributed by atoms with Gasteiger partial charge in [-0.3, -0.25) is 0 Å². The number of hydrogen-bond donors (Lipinski definition) is 4. The molecule has 1 saturated heterocycles. The first-order valence-corrected chi connectivity index (χ1v) is 3.81. The van der Waals surface area contributed by atoms with Crippen LogP contribution in [0.25, 0.3) is 0 Å². The predicted molar refractivity (Wildman–Crippen MR) is 39.5 cm³/mol. The zero-order valence-electron chi connectivity index (χ0n) is 6.84. The average molecular weight is 178 g/mol. The maximum absolute atomic E-state index is 9.52. The van der Waals surface area contributed by atoms with Crippen LogP contribution >= 0.6 is 0 Å². The van der Waals surface area contributed by atoms with Crippen LogP contribution in [0.15, 0.2) is 0 Å². The first-order chi connectivity index (χ1) is 5.50. The van der Waals surface area contributed by atoms with Crippen LogP contribution in [-0.4, -0.2) is 57.6 Å². The molecule has 1 heterocycles. The second kappa shape index (κ2) is 3.27. The molecule has 1 rings (SSSR count). The summed E-state index contributed by atoms with van der Waals surface area (Å²) in [5.74, 6) is 0. The van der Waals surface area contributed by atoms with Gasteiger partial charge in [0, 0.05) is 0 Å². The Labute approximate surface area is 70.2 Å². The van der Waals surface area contributed by atoms with Crippen LogP contribution < -0.4 is 0 Å². The Balaban J connectivity index is 2.71. The van der Waals surface area contributed by atoms with Gasteiger partial charge in [-0.2, -0.15) is 0 Å². The highest BCUT2D eigenvalue weighted by molar-refractivity contribution is 4.96. The van der Waals surface area contributed by atoms with E-state index in [1.807, 2.05) is 0 Å². The summed E-state index contributed by atoms with van der Waals surface area (Å²) in [7, 11) is 0. The van der Waals surface area contributed by atoms with Crippen molar-refractivity contribution in [3.05, 3.63) is 0 Å². The van der Waals surface area contributed by atoms with Gasteiger partial charge in [-0.15, -0.1) is 0 Å². The van der Waals surface area contributed by atoms with Gasteiger partial charge < -0.3 is 25.2 Å². The summed E-state index contributed by atoms with van der Waals surface area (Å²) in [6.45, 7) is 0.868. The number of ether oxygens (including phenoxy) is 1. The molecular weight excluding hydrogens is 164 g/mol. The summed E-state index contributed by atoms with van der Waals surface area (Å²) in [4.78, 5) is 0. The van der Waals surface area contributed by atoms with Crippen LogP contribution in [0.2, 0.25) is 0 Å². The lowest BCUT2D eigenvalue weighted by Crippen LogP contribution is -2.62. The van der Waals surface area contributed by atoms with Crippen molar-refractivity contribution in [1.29, 1.82) is 0 Å². The molecule has 5 heteroatoms. The molecule has 4 atom stereocenters. The summed E-state index contributed by atoms with van der Waals surface area (Å²) in [5.41, 5.74) is -1.61. The van der Waals surface area contributed by atoms with E-state index >= 15 is 0 Å². The number of rotatable bonds is 1. The van der Waals surface area contributed by atoms with Gasteiger partial charge in [0.1, 0.15) is 23.9 Å². The molecule has 0 aromatic heterocycles. The summed E-state index contributed by atoms with van der Waals surface area (Å²) in [6.07, 6.45) is -3.19. The lowest BCUT2D eigenvalue weighted by molar-refractivity contribution is -0.239. The highest BCUT2D eigenvalue weighted by Gasteiger charge is 2.46. The van der Waals surface area contributed by atoms with Crippen molar-refractivity contribution < 1.29 is 25.2 Å². The first kappa shape index (κ1) is 9.88. The third-order valence-electron chi connectivity index (χ3n) is 2.27. The van der Waals surface area contributed by atoms with E-state index in [1.165, 1.54) is 6.92 Å². The second-order valence-electron chi connectivity index (χ2n) is 3.24. The Hall–Kier alpha value is -0.200. The fourth-order valence-electron chi connectivity index (χ4n) is 1.20. The van der Waals surface area contributed by atoms with Crippen LogP contribution in [0.4, 0.5) is 0 Å². The molecule has 0 saturated carbocycles. The van der Waals surface area contributed by atoms with E-state index in [-0.39, 0.29) is 13.2 Å². The van der Waals surface area contributed by atoms with E-state index in [4.69, 9.17) is 9.84 Å². The van der Waals surface area contributed by atoms with Gasteiger partial charge in [-0.25, -0.2) is 0 Å². The maximum atomic E-state index is 9.52. The van der Waals surface area contributed by atoms with Crippen LogP contribution in [0.5, 0.6) is 0 Å². The lowest BCUT2D eigenvalue weighted by Gasteiger charge is -2.41. The van der Waals surface area contributed by atoms with Crippen molar-refractivity contribution in [2.24, 2.45) is 0 Å². The van der Waals surface area contributed by atoms with Crippen molar-refractivity contribution in [1.82, 2.24) is 0 Å². The smallest absolute Gasteiger partial charge is 0.118 e. The molecule has 3 unspecified atom stereocenters. The van der Waals surface area contributed by atoms with Crippen molar-refractivity contribution in [2.75, 3.05) is 13.2 Å². The molecule has 1 aliphatic heterocycles. The SMILES string of the molecule is C[C@@]1(O)C(O)COC(CO)C1O. The molecule has 0 aromatic carbocycles. The normalized spacial score (nSPS) is 49.2. The number of aliphatic hydroxyl groups excluding tert-OH is 3. The zero-order chi connectivity index (χ0) is 9.35. The van der Waals surface area contributed by atoms with Gasteiger partial charge in [0.2, 0.25) is 0 Å². The Bertz CT molecular complexity index is 158. The van der Waals surface area contributed by atoms with E-state index in [1.54, 1.807) is 0 Å². The second-order valence-corrected chi connectivity index (χ2v) is 3.24. The van der Waals surface area contributed by atoms with Crippen LogP contribution in [0, 0.1) is 0 Å². The molecule has 0 amide bonds. The Kier molecular flexibility index (Phi) is 2.70. The van der Waals surface area contributed by atoms with Gasteiger partial charge in [0.05, 0.1) is 13.2 Å². The third-order valence-corrected chi connectivity index (χ3v) is 2.27. The van der Waals surface area contributed by atoms with Crippen LogP contribution in [-0.2, 0) is 4.74 Å². The molecular formula is C7H14O5. The van der Waals surface area contributed by atoms with Crippen molar-refractivity contribution in [3.63, 3.8) is 0 Å². The van der Waals surface area contributed by atoms with Gasteiger partial charge >= 0.3 is 0 Å². The highest BCUT2D eigenvalue weighted by atomic mass is 16.5. The Morgan fingerprint density at radius 3 is 2.58 bits per heavy atom. The molecule has 0 radical (unpaired) electrons. The van der Waals surface area contributed by atoms with E-state index in [0.717, 1.165) is 0 Å². The average Bonchev–Trinajstić information content (AvgIpc) is 2.02. The van der Waals surface area contributed by atoms with E-state index < -0.39 is 23.9 Å². The van der Waals surface area contributed by atoms with Crippen LogP contribution in [0.3, 0.4) is 0 Å². The molecule has 4 N–H and O–H groups in total. The predicted octanol–water partition coefficient (Wildman–Crippen LogP) is -2.15. The molecule has 0 bridgehead atoms. The quantitative estimate of drug-likeness (QED) is 0.367. The number of aliphatic hydroxyl groups is 4. The van der Waals surface area contributed by atoms with E-state index in [9.17, 15) is 15.3 Å². The molecule has 5 nitrogen and oxygen atoms in total. The Morgan fingerprint density at radius 1 is 1.50 bits per heavy atom. The fraction of sp³-hybridized carbons (Fsp3) is 1.00. The monoisotopic (exact) mass is 178 g/mol. The molecule has 1 aliphatic rings. The van der Waals surface area contributed by atoms with Gasteiger partial charge in [0.25, 0.3) is 0 Å². The minimum Gasteiger partial charge on any atom is -0.394 e. The molecule has 72 valence electrons. The fourth-order valence-corrected chi connectivity index (χ4v) is 1.20.